The van der Waals surface area contributed by atoms with Gasteiger partial charge in [-0.2, -0.15) is 5.26 Å². The molecule has 0 spiro atoms. The predicted molar refractivity (Wildman–Crippen MR) is 87.0 cm³/mol. The Balaban J connectivity index is 2.42. The first kappa shape index (κ1) is 15.3. The van der Waals surface area contributed by atoms with E-state index in [0.29, 0.717) is 6.42 Å². The van der Waals surface area contributed by atoms with Crippen molar-refractivity contribution in [2.45, 2.75) is 38.8 Å². The van der Waals surface area contributed by atoms with Crippen molar-refractivity contribution in [3.05, 3.63) is 28.2 Å². The molecule has 1 aliphatic rings. The molecule has 0 saturated carbocycles. The van der Waals surface area contributed by atoms with Crippen LogP contribution in [0.1, 0.15) is 25.8 Å². The average Bonchev–Trinajstić information content (AvgIpc) is 2.32. The molecule has 1 atom stereocenters. The van der Waals surface area contributed by atoms with E-state index in [2.05, 4.69) is 77.8 Å². The minimum Gasteiger partial charge on any atom is -0.360 e. The van der Waals surface area contributed by atoms with Gasteiger partial charge in [-0.1, -0.05) is 22.0 Å². The SMILES string of the molecule is Cc1ccc(N2C(CC#N)CN(C)CC2(C)C)cc1Br. The third-order valence-electron chi connectivity index (χ3n) is 3.96. The molecule has 1 fully saturated rings. The summed E-state index contributed by atoms with van der Waals surface area (Å²) < 4.78 is 1.13. The fraction of sp³-hybridized carbons (Fsp3) is 0.562. The Morgan fingerprint density at radius 1 is 1.45 bits per heavy atom. The Hall–Kier alpha value is -1.05. The second kappa shape index (κ2) is 5.75. The van der Waals surface area contributed by atoms with E-state index in [1.807, 2.05) is 0 Å². The highest BCUT2D eigenvalue weighted by Crippen LogP contribution is 2.34. The summed E-state index contributed by atoms with van der Waals surface area (Å²) >= 11 is 3.62. The van der Waals surface area contributed by atoms with Gasteiger partial charge in [0.1, 0.15) is 0 Å². The van der Waals surface area contributed by atoms with Gasteiger partial charge in [0.15, 0.2) is 0 Å². The van der Waals surface area contributed by atoms with E-state index < -0.39 is 0 Å². The van der Waals surface area contributed by atoms with Crippen LogP contribution in [0.3, 0.4) is 0 Å². The number of aryl methyl sites for hydroxylation is 1. The maximum absolute atomic E-state index is 9.13. The molecule has 1 aliphatic heterocycles. The fourth-order valence-corrected chi connectivity index (χ4v) is 3.66. The lowest BCUT2D eigenvalue weighted by atomic mass is 9.92. The van der Waals surface area contributed by atoms with Gasteiger partial charge in [0.25, 0.3) is 0 Å². The molecule has 1 saturated heterocycles. The first-order valence-electron chi connectivity index (χ1n) is 6.96. The summed E-state index contributed by atoms with van der Waals surface area (Å²) in [6.45, 7) is 8.53. The van der Waals surface area contributed by atoms with Gasteiger partial charge in [0.05, 0.1) is 18.5 Å². The Morgan fingerprint density at radius 3 is 2.75 bits per heavy atom. The number of benzene rings is 1. The molecule has 20 heavy (non-hydrogen) atoms. The zero-order chi connectivity index (χ0) is 14.9. The zero-order valence-electron chi connectivity index (χ0n) is 12.7. The molecular weight excluding hydrogens is 314 g/mol. The summed E-state index contributed by atoms with van der Waals surface area (Å²) in [5, 5.41) is 9.13. The van der Waals surface area contributed by atoms with E-state index in [9.17, 15) is 0 Å². The molecule has 2 rings (SSSR count). The summed E-state index contributed by atoms with van der Waals surface area (Å²) in [6.07, 6.45) is 0.555. The second-order valence-corrected chi connectivity index (χ2v) is 7.18. The highest BCUT2D eigenvalue weighted by molar-refractivity contribution is 9.10. The third-order valence-corrected chi connectivity index (χ3v) is 4.81. The number of halogens is 1. The summed E-state index contributed by atoms with van der Waals surface area (Å²) in [6, 6.07) is 9.05. The lowest BCUT2D eigenvalue weighted by molar-refractivity contribution is 0.181. The minimum atomic E-state index is 0.0171. The smallest absolute Gasteiger partial charge is 0.0643 e. The highest BCUT2D eigenvalue weighted by atomic mass is 79.9. The fourth-order valence-electron chi connectivity index (χ4n) is 3.29. The van der Waals surface area contributed by atoms with Crippen molar-refractivity contribution in [3.8, 4) is 6.07 Å². The highest BCUT2D eigenvalue weighted by Gasteiger charge is 2.38. The lowest BCUT2D eigenvalue weighted by Crippen LogP contribution is -2.63. The van der Waals surface area contributed by atoms with E-state index in [4.69, 9.17) is 5.26 Å². The molecule has 1 aromatic carbocycles. The van der Waals surface area contributed by atoms with Crippen LogP contribution in [0.15, 0.2) is 22.7 Å². The minimum absolute atomic E-state index is 0.0171. The van der Waals surface area contributed by atoms with Crippen molar-refractivity contribution in [2.24, 2.45) is 0 Å². The molecular formula is C16H22BrN3. The van der Waals surface area contributed by atoms with Gasteiger partial charge in [-0.05, 0) is 45.5 Å². The number of hydrogen-bond acceptors (Lipinski definition) is 3. The molecule has 0 N–H and O–H groups in total. The van der Waals surface area contributed by atoms with Crippen LogP contribution in [0.25, 0.3) is 0 Å². The van der Waals surface area contributed by atoms with E-state index in [1.54, 1.807) is 0 Å². The van der Waals surface area contributed by atoms with Gasteiger partial charge in [-0.25, -0.2) is 0 Å². The van der Waals surface area contributed by atoms with E-state index in [0.717, 1.165) is 17.6 Å². The van der Waals surface area contributed by atoms with Crippen LogP contribution in [-0.2, 0) is 0 Å². The van der Waals surface area contributed by atoms with Crippen molar-refractivity contribution in [3.63, 3.8) is 0 Å². The summed E-state index contributed by atoms with van der Waals surface area (Å²) in [5.41, 5.74) is 2.45. The largest absolute Gasteiger partial charge is 0.360 e. The van der Waals surface area contributed by atoms with Crippen molar-refractivity contribution in [2.75, 3.05) is 25.0 Å². The van der Waals surface area contributed by atoms with Gasteiger partial charge >= 0.3 is 0 Å². The summed E-state index contributed by atoms with van der Waals surface area (Å²) in [5.74, 6) is 0. The van der Waals surface area contributed by atoms with Crippen LogP contribution in [0, 0.1) is 18.3 Å². The number of anilines is 1. The topological polar surface area (TPSA) is 30.3 Å². The molecule has 1 heterocycles. The molecule has 4 heteroatoms. The van der Waals surface area contributed by atoms with E-state index in [-0.39, 0.29) is 11.6 Å². The van der Waals surface area contributed by atoms with Gasteiger partial charge < -0.3 is 9.80 Å². The van der Waals surface area contributed by atoms with Gasteiger partial charge in [-0.15, -0.1) is 0 Å². The molecule has 0 aromatic heterocycles. The Kier molecular flexibility index (Phi) is 4.41. The van der Waals surface area contributed by atoms with Crippen molar-refractivity contribution >= 4 is 21.6 Å². The standard InChI is InChI=1S/C16H22BrN3/c1-12-5-6-13(9-15(12)17)20-14(7-8-18)10-19(4)11-16(20,2)3/h5-6,9,14H,7,10-11H2,1-4H3. The monoisotopic (exact) mass is 335 g/mol. The maximum atomic E-state index is 9.13. The van der Waals surface area contributed by atoms with E-state index in [1.165, 1.54) is 11.3 Å². The lowest BCUT2D eigenvalue weighted by Gasteiger charge is -2.52. The van der Waals surface area contributed by atoms with Crippen LogP contribution in [0.2, 0.25) is 0 Å². The third kappa shape index (κ3) is 2.99. The Bertz CT molecular complexity index is 533. The predicted octanol–water partition coefficient (Wildman–Crippen LogP) is 3.57. The second-order valence-electron chi connectivity index (χ2n) is 6.33. The number of hydrogen-bond donors (Lipinski definition) is 0. The first-order valence-corrected chi connectivity index (χ1v) is 7.75. The van der Waals surface area contributed by atoms with Crippen LogP contribution >= 0.6 is 15.9 Å². The summed E-state index contributed by atoms with van der Waals surface area (Å²) in [4.78, 5) is 4.74. The average molecular weight is 336 g/mol. The molecule has 3 nitrogen and oxygen atoms in total. The van der Waals surface area contributed by atoms with Crippen molar-refractivity contribution < 1.29 is 0 Å². The number of likely N-dealkylation sites (N-methyl/N-ethyl adjacent to an activating group) is 1. The van der Waals surface area contributed by atoms with Gasteiger partial charge in [0.2, 0.25) is 0 Å². The van der Waals surface area contributed by atoms with Crippen LogP contribution < -0.4 is 4.90 Å². The van der Waals surface area contributed by atoms with Crippen LogP contribution in [0.4, 0.5) is 5.69 Å². The molecule has 108 valence electrons. The molecule has 1 unspecified atom stereocenters. The number of piperazine rings is 1. The number of rotatable bonds is 2. The summed E-state index contributed by atoms with van der Waals surface area (Å²) in [7, 11) is 2.13. The quantitative estimate of drug-likeness (QED) is 0.827. The van der Waals surface area contributed by atoms with Crippen molar-refractivity contribution in [1.29, 1.82) is 5.26 Å². The molecule has 0 radical (unpaired) electrons. The molecule has 0 amide bonds. The van der Waals surface area contributed by atoms with Crippen molar-refractivity contribution in [1.82, 2.24) is 4.90 Å². The maximum Gasteiger partial charge on any atom is 0.0643 e. The molecule has 0 aliphatic carbocycles. The molecule has 0 bridgehead atoms. The molecule has 1 aromatic rings. The first-order chi connectivity index (χ1) is 9.35. The Labute approximate surface area is 130 Å². The Morgan fingerprint density at radius 2 is 2.15 bits per heavy atom. The van der Waals surface area contributed by atoms with Crippen LogP contribution in [-0.4, -0.2) is 36.6 Å². The van der Waals surface area contributed by atoms with Crippen LogP contribution in [0.5, 0.6) is 0 Å². The normalized spacial score (nSPS) is 22.6. The van der Waals surface area contributed by atoms with E-state index >= 15 is 0 Å². The van der Waals surface area contributed by atoms with Gasteiger partial charge in [-0.3, -0.25) is 0 Å². The number of nitrogens with zero attached hydrogens (tertiary/aromatic N) is 3. The number of nitriles is 1. The zero-order valence-corrected chi connectivity index (χ0v) is 14.2. The van der Waals surface area contributed by atoms with Gasteiger partial charge in [0, 0.05) is 28.8 Å².